The van der Waals surface area contributed by atoms with Crippen LogP contribution in [0.25, 0.3) is 10.1 Å². The normalized spacial score (nSPS) is 18.6. The molecule has 1 atom stereocenters. The van der Waals surface area contributed by atoms with Gasteiger partial charge in [-0.3, -0.25) is 0 Å². The molecule has 0 radical (unpaired) electrons. The molecular weight excluding hydrogens is 302 g/mol. The molecular formula is C16H21NO2S2. The Morgan fingerprint density at radius 2 is 1.95 bits per heavy atom. The van der Waals surface area contributed by atoms with Crippen molar-refractivity contribution in [2.75, 3.05) is 0 Å². The van der Waals surface area contributed by atoms with E-state index in [1.807, 2.05) is 18.2 Å². The average molecular weight is 323 g/mol. The number of hydrogen-bond acceptors (Lipinski definition) is 5. The zero-order valence-electron chi connectivity index (χ0n) is 12.0. The first-order valence-electron chi connectivity index (χ1n) is 7.53. The largest absolute Gasteiger partial charge is 0.410 e. The van der Waals surface area contributed by atoms with Crippen LogP contribution in [0, 0.1) is 5.92 Å². The van der Waals surface area contributed by atoms with E-state index in [0.717, 1.165) is 45.8 Å². The van der Waals surface area contributed by atoms with Crippen LogP contribution in [-0.4, -0.2) is 5.11 Å². The maximum absolute atomic E-state index is 10.7. The van der Waals surface area contributed by atoms with E-state index >= 15 is 0 Å². The second-order valence-electron chi connectivity index (χ2n) is 5.72. The van der Waals surface area contributed by atoms with E-state index < -0.39 is 0 Å². The number of aliphatic hydroxyl groups is 1. The molecule has 1 aliphatic carbocycles. The number of nitrogens with two attached hydrogens (primary N) is 1. The lowest BCUT2D eigenvalue weighted by atomic mass is 9.93. The Kier molecular flexibility index (Phi) is 5.06. The summed E-state index contributed by atoms with van der Waals surface area (Å²) in [6.07, 6.45) is 7.09. The van der Waals surface area contributed by atoms with Gasteiger partial charge >= 0.3 is 0 Å². The van der Waals surface area contributed by atoms with Crippen molar-refractivity contribution < 1.29 is 9.29 Å². The third-order valence-electron chi connectivity index (χ3n) is 4.29. The van der Waals surface area contributed by atoms with E-state index in [-0.39, 0.29) is 6.10 Å². The number of benzene rings is 1. The average Bonchev–Trinajstić information content (AvgIpc) is 2.72. The van der Waals surface area contributed by atoms with Gasteiger partial charge in [-0.2, -0.15) is 0 Å². The number of fused-ring (bicyclic) bond motifs is 1. The van der Waals surface area contributed by atoms with Crippen molar-refractivity contribution in [3.63, 3.8) is 0 Å². The molecule has 3 N–H and O–H groups in total. The van der Waals surface area contributed by atoms with Crippen molar-refractivity contribution >= 4 is 33.7 Å². The molecule has 3 rings (SSSR count). The summed E-state index contributed by atoms with van der Waals surface area (Å²) in [6.45, 7) is 0. The van der Waals surface area contributed by atoms with Gasteiger partial charge in [0.2, 0.25) is 0 Å². The summed E-state index contributed by atoms with van der Waals surface area (Å²) in [5, 5.41) is 17.2. The van der Waals surface area contributed by atoms with Crippen LogP contribution in [0.15, 0.2) is 24.3 Å². The van der Waals surface area contributed by atoms with Crippen LogP contribution in [0.2, 0.25) is 0 Å². The van der Waals surface area contributed by atoms with Gasteiger partial charge in [-0.25, -0.2) is 5.14 Å². The lowest BCUT2D eigenvalue weighted by Gasteiger charge is -2.19. The van der Waals surface area contributed by atoms with Crippen molar-refractivity contribution in [1.29, 1.82) is 0 Å². The maximum atomic E-state index is 10.7. The van der Waals surface area contributed by atoms with Crippen molar-refractivity contribution in [2.45, 2.75) is 44.6 Å². The second-order valence-corrected chi connectivity index (χ2v) is 7.20. The molecule has 1 heterocycles. The van der Waals surface area contributed by atoms with Crippen molar-refractivity contribution in [3.05, 3.63) is 29.1 Å². The molecule has 0 bridgehead atoms. The van der Waals surface area contributed by atoms with Gasteiger partial charge < -0.3 is 9.29 Å². The fraction of sp³-hybridized carbons (Fsp3) is 0.500. The Balaban J connectivity index is 1.82. The second kappa shape index (κ2) is 7.01. The van der Waals surface area contributed by atoms with E-state index in [0.29, 0.717) is 5.92 Å². The number of rotatable bonds is 4. The third kappa shape index (κ3) is 3.54. The first-order chi connectivity index (χ1) is 10.3. The fourth-order valence-electron chi connectivity index (χ4n) is 3.14. The molecule has 1 aromatic heterocycles. The molecule has 1 unspecified atom stereocenters. The topological polar surface area (TPSA) is 55.5 Å². The minimum atomic E-state index is -0.325. The van der Waals surface area contributed by atoms with Gasteiger partial charge in [-0.05, 0) is 48.4 Å². The van der Waals surface area contributed by atoms with Gasteiger partial charge in [0.05, 0.1) is 6.10 Å². The molecule has 0 amide bonds. The molecule has 0 aliphatic heterocycles. The zero-order chi connectivity index (χ0) is 14.7. The van der Waals surface area contributed by atoms with Crippen LogP contribution in [-0.2, 0) is 0 Å². The van der Waals surface area contributed by atoms with Crippen molar-refractivity contribution in [1.82, 2.24) is 0 Å². The highest BCUT2D eigenvalue weighted by molar-refractivity contribution is 7.92. The Hall–Kier alpha value is -0.750. The number of aliphatic hydroxyl groups excluding tert-OH is 1. The Labute approximate surface area is 133 Å². The monoisotopic (exact) mass is 323 g/mol. The van der Waals surface area contributed by atoms with Crippen molar-refractivity contribution in [2.24, 2.45) is 11.1 Å². The van der Waals surface area contributed by atoms with Gasteiger partial charge in [0, 0.05) is 9.58 Å². The van der Waals surface area contributed by atoms with Crippen LogP contribution in [0.3, 0.4) is 0 Å². The molecule has 2 aromatic rings. The minimum Gasteiger partial charge on any atom is -0.410 e. The molecule has 1 aliphatic rings. The van der Waals surface area contributed by atoms with E-state index in [1.165, 1.54) is 25.7 Å². The summed E-state index contributed by atoms with van der Waals surface area (Å²) >= 11 is 2.52. The molecule has 114 valence electrons. The first-order valence-corrected chi connectivity index (χ1v) is 9.15. The van der Waals surface area contributed by atoms with Gasteiger partial charge in [-0.15, -0.1) is 11.3 Å². The van der Waals surface area contributed by atoms with Gasteiger partial charge in [0.25, 0.3) is 0 Å². The summed E-state index contributed by atoms with van der Waals surface area (Å²) in [5.74, 6) is 1.17. The highest BCUT2D eigenvalue weighted by Crippen LogP contribution is 2.39. The molecule has 21 heavy (non-hydrogen) atoms. The summed E-state index contributed by atoms with van der Waals surface area (Å²) in [5.41, 5.74) is 0. The lowest BCUT2D eigenvalue weighted by Crippen LogP contribution is -2.10. The number of thiophene rings is 1. The Morgan fingerprint density at radius 3 is 2.67 bits per heavy atom. The van der Waals surface area contributed by atoms with E-state index in [2.05, 4.69) is 6.07 Å². The van der Waals surface area contributed by atoms with Gasteiger partial charge in [0.15, 0.2) is 0 Å². The van der Waals surface area contributed by atoms with Crippen LogP contribution < -0.4 is 9.32 Å². The standard InChI is InChI=1S/C16H21NO2S2/c17-21-19-13-8-7-12-9-15(20-14(12)10-13)16(18)11-5-3-1-2-4-6-11/h7-11,16,18H,1-6,17H2. The van der Waals surface area contributed by atoms with Crippen LogP contribution in [0.4, 0.5) is 0 Å². The van der Waals surface area contributed by atoms with E-state index in [1.54, 1.807) is 11.3 Å². The summed E-state index contributed by atoms with van der Waals surface area (Å²) < 4.78 is 6.40. The van der Waals surface area contributed by atoms with Gasteiger partial charge in [0.1, 0.15) is 18.0 Å². The predicted molar refractivity (Wildman–Crippen MR) is 90.4 cm³/mol. The summed E-state index contributed by atoms with van der Waals surface area (Å²) in [7, 11) is 0. The minimum absolute atomic E-state index is 0.325. The van der Waals surface area contributed by atoms with E-state index in [9.17, 15) is 5.11 Å². The molecule has 0 saturated heterocycles. The van der Waals surface area contributed by atoms with Crippen molar-refractivity contribution in [3.8, 4) is 5.75 Å². The van der Waals surface area contributed by atoms with Crippen LogP contribution in [0.1, 0.15) is 49.5 Å². The molecule has 3 nitrogen and oxygen atoms in total. The van der Waals surface area contributed by atoms with Gasteiger partial charge in [-0.1, -0.05) is 25.7 Å². The number of hydrogen-bond donors (Lipinski definition) is 2. The SMILES string of the molecule is NSOc1ccc2cc(C(O)C3CCCCCC3)sc2c1. The smallest absolute Gasteiger partial charge is 0.140 e. The molecule has 1 aromatic carbocycles. The maximum Gasteiger partial charge on any atom is 0.140 e. The van der Waals surface area contributed by atoms with Crippen LogP contribution >= 0.6 is 23.6 Å². The first kappa shape index (κ1) is 15.2. The summed E-state index contributed by atoms with van der Waals surface area (Å²) in [6, 6.07) is 8.05. The fourth-order valence-corrected chi connectivity index (χ4v) is 4.53. The molecule has 0 spiro atoms. The molecule has 1 fully saturated rings. The predicted octanol–water partition coefficient (Wildman–Crippen LogP) is 4.81. The lowest BCUT2D eigenvalue weighted by molar-refractivity contribution is 0.102. The van der Waals surface area contributed by atoms with E-state index in [4.69, 9.17) is 9.32 Å². The zero-order valence-corrected chi connectivity index (χ0v) is 13.6. The molecule has 5 heteroatoms. The quantitative estimate of drug-likeness (QED) is 0.482. The highest BCUT2D eigenvalue weighted by Gasteiger charge is 2.23. The Morgan fingerprint density at radius 1 is 1.19 bits per heavy atom. The van der Waals surface area contributed by atoms with Crippen LogP contribution in [0.5, 0.6) is 5.75 Å². The Bertz CT molecular complexity index is 591. The summed E-state index contributed by atoms with van der Waals surface area (Å²) in [4.78, 5) is 1.08. The highest BCUT2D eigenvalue weighted by atomic mass is 32.2. The molecule has 1 saturated carbocycles. The third-order valence-corrected chi connectivity index (χ3v) is 5.75.